The Morgan fingerprint density at radius 2 is 1.75 bits per heavy atom. The third-order valence-electron chi connectivity index (χ3n) is 3.43. The lowest BCUT2D eigenvalue weighted by Crippen LogP contribution is -2.35. The van der Waals surface area contributed by atoms with Crippen LogP contribution in [0, 0.1) is 5.82 Å². The van der Waals surface area contributed by atoms with Gasteiger partial charge in [0.05, 0.1) is 5.59 Å². The predicted octanol–water partition coefficient (Wildman–Crippen LogP) is 1.01. The van der Waals surface area contributed by atoms with E-state index in [9.17, 15) is 4.39 Å². The maximum atomic E-state index is 13.5. The van der Waals surface area contributed by atoms with Crippen molar-refractivity contribution >= 4 is 28.6 Å². The van der Waals surface area contributed by atoms with Crippen molar-refractivity contribution in [1.29, 1.82) is 0 Å². The van der Waals surface area contributed by atoms with E-state index in [1.165, 1.54) is 16.9 Å². The Hall–Kier alpha value is -1.97. The average molecular weight is 395 g/mol. The Bertz CT molecular complexity index is 806. The minimum absolute atomic E-state index is 0.189. The van der Waals surface area contributed by atoms with Crippen molar-refractivity contribution in [3.05, 3.63) is 64.3 Å². The molecule has 0 saturated carbocycles. The Balaban J connectivity index is 0.000000198. The van der Waals surface area contributed by atoms with Gasteiger partial charge >= 0.3 is 7.12 Å². The molecule has 0 spiro atoms. The zero-order chi connectivity index (χ0) is 17.7. The lowest BCUT2D eigenvalue weighted by molar-refractivity contribution is 0.421. The lowest BCUT2D eigenvalue weighted by Gasteiger charge is -2.04. The summed E-state index contributed by atoms with van der Waals surface area (Å²) in [6.45, 7) is 0. The molecule has 9 heteroatoms. The topological polar surface area (TPSA) is 76.1 Å². The number of benzene rings is 1. The third kappa shape index (κ3) is 4.76. The summed E-state index contributed by atoms with van der Waals surface area (Å²) in [6, 6.07) is 8.54. The minimum atomic E-state index is -1.42. The molecule has 2 aromatic heterocycles. The zero-order valence-corrected chi connectivity index (χ0v) is 14.9. The van der Waals surface area contributed by atoms with Gasteiger partial charge in [-0.05, 0) is 29.8 Å². The van der Waals surface area contributed by atoms with E-state index >= 15 is 0 Å². The quantitative estimate of drug-likeness (QED) is 0.650. The fourth-order valence-corrected chi connectivity index (χ4v) is 2.41. The Morgan fingerprint density at radius 3 is 2.21 bits per heavy atom. The van der Waals surface area contributed by atoms with Gasteiger partial charge in [0, 0.05) is 43.1 Å². The van der Waals surface area contributed by atoms with Crippen molar-refractivity contribution in [3.63, 3.8) is 0 Å². The third-order valence-corrected chi connectivity index (χ3v) is 3.93. The number of halogens is 2. The zero-order valence-electron chi connectivity index (χ0n) is 13.3. The van der Waals surface area contributed by atoms with Crippen LogP contribution in [0.1, 0.15) is 11.3 Å². The van der Waals surface area contributed by atoms with Crippen LogP contribution in [-0.2, 0) is 20.5 Å². The summed E-state index contributed by atoms with van der Waals surface area (Å²) in [5.74, 6) is -0.189. The van der Waals surface area contributed by atoms with Crippen LogP contribution in [0.25, 0.3) is 0 Å². The van der Waals surface area contributed by atoms with E-state index in [0.29, 0.717) is 17.6 Å². The largest absolute Gasteiger partial charge is 0.507 e. The van der Waals surface area contributed by atoms with Gasteiger partial charge in [0.25, 0.3) is 0 Å². The number of aryl methyl sites for hydroxylation is 2. The molecular weight excluding hydrogens is 378 g/mol. The van der Waals surface area contributed by atoms with E-state index in [0.717, 1.165) is 10.2 Å². The summed E-state index contributed by atoms with van der Waals surface area (Å²) in [4.78, 5) is 0. The Labute approximate surface area is 147 Å². The van der Waals surface area contributed by atoms with Crippen LogP contribution >= 0.6 is 15.9 Å². The van der Waals surface area contributed by atoms with Crippen LogP contribution in [0.5, 0.6) is 0 Å². The number of hydrogen-bond donors (Lipinski definition) is 2. The van der Waals surface area contributed by atoms with Crippen LogP contribution in [0.4, 0.5) is 4.39 Å². The van der Waals surface area contributed by atoms with Crippen LogP contribution in [0.2, 0.25) is 0 Å². The molecule has 0 saturated heterocycles. The first-order valence-electron chi connectivity index (χ1n) is 7.13. The number of nitrogens with zero attached hydrogens (tertiary/aromatic N) is 4. The fourth-order valence-electron chi connectivity index (χ4n) is 2.07. The fraction of sp³-hybridized carbons (Fsp3) is 0.200. The summed E-state index contributed by atoms with van der Waals surface area (Å²) in [6.07, 6.45) is 3.79. The van der Waals surface area contributed by atoms with Gasteiger partial charge in [-0.25, -0.2) is 4.39 Å². The Morgan fingerprint density at radius 1 is 1.08 bits per heavy atom. The molecule has 0 bridgehead atoms. The van der Waals surface area contributed by atoms with Crippen LogP contribution in [-0.4, -0.2) is 36.7 Å². The van der Waals surface area contributed by atoms with E-state index in [4.69, 9.17) is 10.0 Å². The van der Waals surface area contributed by atoms with Gasteiger partial charge in [-0.2, -0.15) is 10.2 Å². The second-order valence-electron chi connectivity index (χ2n) is 5.11. The average Bonchev–Trinajstić information content (AvgIpc) is 3.11. The van der Waals surface area contributed by atoms with Gasteiger partial charge in [-0.15, -0.1) is 0 Å². The molecular formula is C15H17BBrFN4O2. The molecule has 0 radical (unpaired) electrons. The smallest absolute Gasteiger partial charge is 0.422 e. The van der Waals surface area contributed by atoms with Gasteiger partial charge in [0.15, 0.2) is 0 Å². The highest BCUT2D eigenvalue weighted by Crippen LogP contribution is 2.17. The molecule has 24 heavy (non-hydrogen) atoms. The second kappa shape index (κ2) is 8.23. The molecule has 0 aliphatic heterocycles. The molecule has 0 aliphatic rings. The molecule has 126 valence electrons. The van der Waals surface area contributed by atoms with E-state index in [-0.39, 0.29) is 5.82 Å². The van der Waals surface area contributed by atoms with Crippen LogP contribution < -0.4 is 5.59 Å². The van der Waals surface area contributed by atoms with Gasteiger partial charge in [0.1, 0.15) is 5.82 Å². The van der Waals surface area contributed by atoms with Crippen LogP contribution in [0.15, 0.2) is 47.2 Å². The van der Waals surface area contributed by atoms with Crippen molar-refractivity contribution in [1.82, 2.24) is 19.6 Å². The number of aromatic nitrogens is 4. The first-order chi connectivity index (χ1) is 11.4. The summed E-state index contributed by atoms with van der Waals surface area (Å²) in [7, 11) is 2.08. The molecule has 0 fully saturated rings. The highest BCUT2D eigenvalue weighted by atomic mass is 79.9. The highest BCUT2D eigenvalue weighted by molar-refractivity contribution is 9.10. The second-order valence-corrected chi connectivity index (χ2v) is 6.03. The molecule has 2 heterocycles. The maximum absolute atomic E-state index is 13.5. The van der Waals surface area contributed by atoms with Gasteiger partial charge < -0.3 is 10.0 Å². The van der Waals surface area contributed by atoms with Crippen molar-refractivity contribution in [2.45, 2.75) is 6.42 Å². The molecule has 3 aromatic rings. The molecule has 2 N–H and O–H groups in total. The predicted molar refractivity (Wildman–Crippen MR) is 93.1 cm³/mol. The molecule has 0 unspecified atom stereocenters. The Kier molecular flexibility index (Phi) is 6.30. The number of rotatable bonds is 3. The van der Waals surface area contributed by atoms with Gasteiger partial charge in [0.2, 0.25) is 0 Å². The SMILES string of the molecule is Cn1nccc1B(O)O.Cn1nccc1Cc1ccc(Br)cc1F. The summed E-state index contributed by atoms with van der Waals surface area (Å²) >= 11 is 3.23. The summed E-state index contributed by atoms with van der Waals surface area (Å²) in [5.41, 5.74) is 2.08. The molecule has 1 aromatic carbocycles. The van der Waals surface area contributed by atoms with Crippen molar-refractivity contribution in [3.8, 4) is 0 Å². The standard InChI is InChI=1S/C11H10BrFN2.C4H7BN2O2/c1-15-10(4-5-14-15)6-8-2-3-9(12)7-11(8)13;1-7-4(5(8)9)2-3-6-7/h2-5,7H,6H2,1H3;2-3,8-9H,1H3. The lowest BCUT2D eigenvalue weighted by atomic mass is 9.86. The van der Waals surface area contributed by atoms with Gasteiger partial charge in [-0.3, -0.25) is 9.36 Å². The molecule has 6 nitrogen and oxygen atoms in total. The normalized spacial score (nSPS) is 10.2. The summed E-state index contributed by atoms with van der Waals surface area (Å²) in [5, 5.41) is 25.0. The van der Waals surface area contributed by atoms with Crippen LogP contribution in [0.3, 0.4) is 0 Å². The monoisotopic (exact) mass is 394 g/mol. The molecule has 0 aliphatic carbocycles. The van der Waals surface area contributed by atoms with E-state index in [1.807, 2.05) is 19.2 Å². The van der Waals surface area contributed by atoms with Crippen molar-refractivity contribution in [2.24, 2.45) is 14.1 Å². The highest BCUT2D eigenvalue weighted by Gasteiger charge is 2.13. The van der Waals surface area contributed by atoms with E-state index in [2.05, 4.69) is 26.1 Å². The molecule has 0 amide bonds. The first-order valence-corrected chi connectivity index (χ1v) is 7.92. The molecule has 0 atom stereocenters. The van der Waals surface area contributed by atoms with E-state index < -0.39 is 7.12 Å². The van der Waals surface area contributed by atoms with E-state index in [1.54, 1.807) is 30.1 Å². The van der Waals surface area contributed by atoms with Crippen molar-refractivity contribution in [2.75, 3.05) is 0 Å². The molecule has 3 rings (SSSR count). The summed E-state index contributed by atoms with van der Waals surface area (Å²) < 4.78 is 17.4. The van der Waals surface area contributed by atoms with Gasteiger partial charge in [-0.1, -0.05) is 22.0 Å². The maximum Gasteiger partial charge on any atom is 0.507 e. The number of hydrogen-bond acceptors (Lipinski definition) is 4. The first kappa shape index (κ1) is 18.4. The minimum Gasteiger partial charge on any atom is -0.422 e. The van der Waals surface area contributed by atoms with Crippen molar-refractivity contribution < 1.29 is 14.4 Å².